The van der Waals surface area contributed by atoms with E-state index in [9.17, 15) is 22.8 Å². The summed E-state index contributed by atoms with van der Waals surface area (Å²) in [6.07, 6.45) is -1.54. The van der Waals surface area contributed by atoms with Gasteiger partial charge >= 0.3 is 11.8 Å². The molecular formula is C24H23F3N6O3. The summed E-state index contributed by atoms with van der Waals surface area (Å²) in [5, 5.41) is 6.92. The summed E-state index contributed by atoms with van der Waals surface area (Å²) in [4.78, 5) is 36.8. The molecule has 0 aliphatic carbocycles. The lowest BCUT2D eigenvalue weighted by Crippen LogP contribution is -2.54. The van der Waals surface area contributed by atoms with Crippen molar-refractivity contribution in [3.05, 3.63) is 59.4 Å². The monoisotopic (exact) mass is 500 g/mol. The molecule has 0 unspecified atom stereocenters. The van der Waals surface area contributed by atoms with Crippen molar-refractivity contribution in [2.75, 3.05) is 26.7 Å². The van der Waals surface area contributed by atoms with Gasteiger partial charge in [0, 0.05) is 50.2 Å². The van der Waals surface area contributed by atoms with Crippen LogP contribution in [0.5, 0.6) is 5.75 Å². The summed E-state index contributed by atoms with van der Waals surface area (Å²) in [7, 11) is 1.48. The third-order valence-corrected chi connectivity index (χ3v) is 6.68. The maximum Gasteiger partial charge on any atom is 0.442 e. The molecule has 0 spiro atoms. The molecule has 1 atom stereocenters. The van der Waals surface area contributed by atoms with Crippen LogP contribution in [-0.2, 0) is 17.0 Å². The van der Waals surface area contributed by atoms with E-state index in [1.54, 1.807) is 24.4 Å². The van der Waals surface area contributed by atoms with Crippen LogP contribution in [0.25, 0.3) is 11.0 Å². The van der Waals surface area contributed by atoms with Gasteiger partial charge in [-0.05, 0) is 18.6 Å². The van der Waals surface area contributed by atoms with E-state index in [1.165, 1.54) is 30.3 Å². The average molecular weight is 500 g/mol. The van der Waals surface area contributed by atoms with E-state index in [2.05, 4.69) is 25.1 Å². The molecule has 9 nitrogen and oxygen atoms in total. The summed E-state index contributed by atoms with van der Waals surface area (Å²) in [6.45, 7) is 3.64. The summed E-state index contributed by atoms with van der Waals surface area (Å²) in [5.74, 6) is -0.794. The molecule has 1 N–H and O–H groups in total. The predicted molar refractivity (Wildman–Crippen MR) is 122 cm³/mol. The molecular weight excluding hydrogens is 477 g/mol. The maximum atomic E-state index is 13.2. The molecule has 4 heterocycles. The fourth-order valence-electron chi connectivity index (χ4n) is 4.57. The van der Waals surface area contributed by atoms with Crippen molar-refractivity contribution >= 4 is 22.7 Å². The first kappa shape index (κ1) is 23.9. The Morgan fingerprint density at radius 2 is 1.89 bits per heavy atom. The number of hydrogen-bond donors (Lipinski definition) is 1. The molecule has 0 saturated carbocycles. The normalized spacial score (nSPS) is 19.5. The molecule has 188 valence electrons. The van der Waals surface area contributed by atoms with Gasteiger partial charge in [-0.1, -0.05) is 24.3 Å². The minimum atomic E-state index is -4.56. The van der Waals surface area contributed by atoms with Crippen LogP contribution in [0, 0.1) is 0 Å². The molecule has 5 rings (SSSR count). The number of methoxy groups -OCH3 is 1. The Morgan fingerprint density at radius 3 is 2.50 bits per heavy atom. The Hall–Kier alpha value is -3.80. The molecule has 1 fully saturated rings. The number of alkyl halides is 3. The standard InChI is InChI=1S/C24H23F3N6O3/c1-14-12-33(22(35)20(34)17-11-29-21-19(17)18(36-2)7-8-28-21)10-9-32(14)13-15-3-5-16(6-4-15)23(30-31-23)24(25,26)27/h3-8,11,14H,9-10,12-13H2,1-2H3,(H,28,29)/t14-/m1/s1. The minimum Gasteiger partial charge on any atom is -0.496 e. The van der Waals surface area contributed by atoms with Crippen molar-refractivity contribution in [2.24, 2.45) is 10.2 Å². The van der Waals surface area contributed by atoms with Gasteiger partial charge in [-0.2, -0.15) is 13.2 Å². The van der Waals surface area contributed by atoms with Gasteiger partial charge in [-0.3, -0.25) is 14.5 Å². The van der Waals surface area contributed by atoms with Crippen LogP contribution < -0.4 is 4.74 Å². The van der Waals surface area contributed by atoms with Crippen LogP contribution in [0.4, 0.5) is 13.2 Å². The second kappa shape index (κ2) is 8.70. The fourth-order valence-corrected chi connectivity index (χ4v) is 4.57. The Labute approximate surface area is 204 Å². The molecule has 2 aliphatic rings. The van der Waals surface area contributed by atoms with Crippen LogP contribution in [0.1, 0.15) is 28.4 Å². The molecule has 2 aliphatic heterocycles. The van der Waals surface area contributed by atoms with E-state index < -0.39 is 23.5 Å². The number of piperazine rings is 1. The first-order valence-electron chi connectivity index (χ1n) is 11.3. The molecule has 3 aromatic rings. The molecule has 36 heavy (non-hydrogen) atoms. The zero-order chi connectivity index (χ0) is 25.7. The molecule has 1 aromatic carbocycles. The number of rotatable bonds is 6. The summed E-state index contributed by atoms with van der Waals surface area (Å²) < 4.78 is 44.9. The lowest BCUT2D eigenvalue weighted by atomic mass is 10.0. The third-order valence-electron chi connectivity index (χ3n) is 6.68. The summed E-state index contributed by atoms with van der Waals surface area (Å²) in [6, 6.07) is 7.63. The number of aromatic nitrogens is 2. The van der Waals surface area contributed by atoms with Gasteiger partial charge in [0.15, 0.2) is 0 Å². The van der Waals surface area contributed by atoms with Crippen molar-refractivity contribution in [3.63, 3.8) is 0 Å². The van der Waals surface area contributed by atoms with Crippen molar-refractivity contribution < 1.29 is 27.5 Å². The largest absolute Gasteiger partial charge is 0.496 e. The van der Waals surface area contributed by atoms with E-state index in [0.717, 1.165) is 5.56 Å². The van der Waals surface area contributed by atoms with Crippen LogP contribution in [0.15, 0.2) is 53.0 Å². The number of carbonyl (C=O) groups is 2. The van der Waals surface area contributed by atoms with Gasteiger partial charge < -0.3 is 14.6 Å². The van der Waals surface area contributed by atoms with Crippen LogP contribution in [-0.4, -0.2) is 70.4 Å². The van der Waals surface area contributed by atoms with E-state index in [4.69, 9.17) is 4.74 Å². The first-order chi connectivity index (χ1) is 17.1. The van der Waals surface area contributed by atoms with Gasteiger partial charge in [0.25, 0.3) is 11.7 Å². The Kier molecular flexibility index (Phi) is 5.78. The molecule has 0 radical (unpaired) electrons. The second-order valence-corrected chi connectivity index (χ2v) is 8.91. The molecule has 2 aromatic heterocycles. The molecule has 1 amide bonds. The highest BCUT2D eigenvalue weighted by Gasteiger charge is 2.65. The number of benzene rings is 1. The quantitative estimate of drug-likeness (QED) is 0.411. The van der Waals surface area contributed by atoms with Gasteiger partial charge in [-0.25, -0.2) is 4.98 Å². The predicted octanol–water partition coefficient (Wildman–Crippen LogP) is 3.67. The smallest absolute Gasteiger partial charge is 0.442 e. The van der Waals surface area contributed by atoms with E-state index >= 15 is 0 Å². The lowest BCUT2D eigenvalue weighted by Gasteiger charge is -2.39. The highest BCUT2D eigenvalue weighted by molar-refractivity contribution is 6.45. The molecule has 1 saturated heterocycles. The van der Waals surface area contributed by atoms with Gasteiger partial charge in [0.1, 0.15) is 11.4 Å². The lowest BCUT2D eigenvalue weighted by molar-refractivity contribution is -0.166. The SMILES string of the molecule is COc1ccnc2[nH]cc(C(=O)C(=O)N3CCN(Cc4ccc(C5(C(F)(F)F)N=N5)cc4)[C@H](C)C3)c12. The number of ketones is 1. The minimum absolute atomic E-state index is 0.00941. The number of nitrogens with zero attached hydrogens (tertiary/aromatic N) is 5. The summed E-state index contributed by atoms with van der Waals surface area (Å²) >= 11 is 0. The zero-order valence-electron chi connectivity index (χ0n) is 19.5. The van der Waals surface area contributed by atoms with E-state index in [0.29, 0.717) is 43.0 Å². The number of aromatic amines is 1. The second-order valence-electron chi connectivity index (χ2n) is 8.91. The zero-order valence-corrected chi connectivity index (χ0v) is 19.5. The highest BCUT2D eigenvalue weighted by Crippen LogP contribution is 2.52. The number of H-pyrrole nitrogens is 1. The van der Waals surface area contributed by atoms with Crippen LogP contribution in [0.3, 0.4) is 0 Å². The van der Waals surface area contributed by atoms with E-state index in [-0.39, 0.29) is 17.2 Å². The number of ether oxygens (including phenoxy) is 1. The van der Waals surface area contributed by atoms with Crippen molar-refractivity contribution in [1.82, 2.24) is 19.8 Å². The van der Waals surface area contributed by atoms with Gasteiger partial charge in [-0.15, -0.1) is 10.2 Å². The van der Waals surface area contributed by atoms with E-state index in [1.807, 2.05) is 6.92 Å². The number of halogens is 3. The topological polar surface area (TPSA) is 103 Å². The molecule has 12 heteroatoms. The van der Waals surface area contributed by atoms with Gasteiger partial charge in [0.2, 0.25) is 0 Å². The van der Waals surface area contributed by atoms with Crippen molar-refractivity contribution in [2.45, 2.75) is 31.3 Å². The maximum absolute atomic E-state index is 13.2. The number of Topliss-reactive ketones (excluding diaryl/α,β-unsaturated/α-hetero) is 1. The average Bonchev–Trinajstić information content (AvgIpc) is 3.58. The Morgan fingerprint density at radius 1 is 1.17 bits per heavy atom. The third kappa shape index (κ3) is 4.00. The number of hydrogen-bond acceptors (Lipinski definition) is 7. The summed E-state index contributed by atoms with van der Waals surface area (Å²) in [5.41, 5.74) is -0.939. The number of pyridine rings is 1. The van der Waals surface area contributed by atoms with Gasteiger partial charge in [0.05, 0.1) is 18.1 Å². The van der Waals surface area contributed by atoms with Crippen LogP contribution >= 0.6 is 0 Å². The number of fused-ring (bicyclic) bond motifs is 1. The number of nitrogens with one attached hydrogen (secondary N) is 1. The number of carbonyl (C=O) groups excluding carboxylic acids is 2. The van der Waals surface area contributed by atoms with Crippen molar-refractivity contribution in [3.8, 4) is 5.75 Å². The van der Waals surface area contributed by atoms with Crippen LogP contribution in [0.2, 0.25) is 0 Å². The Balaban J connectivity index is 1.23. The first-order valence-corrected chi connectivity index (χ1v) is 11.3. The fraction of sp³-hybridized carbons (Fsp3) is 0.375. The number of amides is 1. The molecule has 0 bridgehead atoms. The Bertz CT molecular complexity index is 1350. The van der Waals surface area contributed by atoms with Crippen molar-refractivity contribution in [1.29, 1.82) is 0 Å². The highest BCUT2D eigenvalue weighted by atomic mass is 19.4.